The summed E-state index contributed by atoms with van der Waals surface area (Å²) in [5.41, 5.74) is 1.23. The van der Waals surface area contributed by atoms with Gasteiger partial charge in [0.25, 0.3) is 0 Å². The smallest absolute Gasteiger partial charge is 0.123 e. The summed E-state index contributed by atoms with van der Waals surface area (Å²) < 4.78 is 5.95. The van der Waals surface area contributed by atoms with Gasteiger partial charge in [0, 0.05) is 30.7 Å². The van der Waals surface area contributed by atoms with Crippen molar-refractivity contribution in [2.24, 2.45) is 0 Å². The second-order valence-corrected chi connectivity index (χ2v) is 5.73. The maximum Gasteiger partial charge on any atom is 0.123 e. The highest BCUT2D eigenvalue weighted by molar-refractivity contribution is 5.33. The molecule has 0 bridgehead atoms. The van der Waals surface area contributed by atoms with Gasteiger partial charge in [-0.3, -0.25) is 0 Å². The number of ether oxygens (including phenoxy) is 1. The highest BCUT2D eigenvalue weighted by Gasteiger charge is 2.08. The summed E-state index contributed by atoms with van der Waals surface area (Å²) in [6.45, 7) is 11.3. The van der Waals surface area contributed by atoms with Crippen LogP contribution in [-0.2, 0) is 6.54 Å². The molecule has 0 heterocycles. The fourth-order valence-electron chi connectivity index (χ4n) is 1.94. The topological polar surface area (TPSA) is 24.5 Å². The SMILES string of the molecule is CCC(C)N(C)CCOc1ccccc1CNC(C)C. The van der Waals surface area contributed by atoms with Gasteiger partial charge in [-0.25, -0.2) is 0 Å². The predicted octanol–water partition coefficient (Wildman–Crippen LogP) is 3.29. The second kappa shape index (κ2) is 8.98. The maximum absolute atomic E-state index is 5.95. The molecule has 1 unspecified atom stereocenters. The largest absolute Gasteiger partial charge is 0.492 e. The van der Waals surface area contributed by atoms with E-state index in [9.17, 15) is 0 Å². The van der Waals surface area contributed by atoms with E-state index < -0.39 is 0 Å². The second-order valence-electron chi connectivity index (χ2n) is 5.73. The summed E-state index contributed by atoms with van der Waals surface area (Å²) in [5, 5.41) is 3.44. The van der Waals surface area contributed by atoms with Crippen molar-refractivity contribution in [1.29, 1.82) is 0 Å². The van der Waals surface area contributed by atoms with Crippen molar-refractivity contribution >= 4 is 0 Å². The number of nitrogens with zero attached hydrogens (tertiary/aromatic N) is 1. The van der Waals surface area contributed by atoms with Gasteiger partial charge in [-0.15, -0.1) is 0 Å². The van der Waals surface area contributed by atoms with Gasteiger partial charge in [-0.05, 0) is 26.5 Å². The minimum atomic E-state index is 0.486. The van der Waals surface area contributed by atoms with Crippen LogP contribution in [0.2, 0.25) is 0 Å². The van der Waals surface area contributed by atoms with E-state index in [4.69, 9.17) is 4.74 Å². The minimum absolute atomic E-state index is 0.486. The quantitative estimate of drug-likeness (QED) is 0.750. The van der Waals surface area contributed by atoms with Crippen LogP contribution in [0.5, 0.6) is 5.75 Å². The van der Waals surface area contributed by atoms with Crippen LogP contribution in [0.25, 0.3) is 0 Å². The number of nitrogens with one attached hydrogen (secondary N) is 1. The molecule has 1 N–H and O–H groups in total. The van der Waals surface area contributed by atoms with Crippen LogP contribution < -0.4 is 10.1 Å². The van der Waals surface area contributed by atoms with Gasteiger partial charge in [-0.1, -0.05) is 39.0 Å². The van der Waals surface area contributed by atoms with Gasteiger partial charge < -0.3 is 15.0 Å². The van der Waals surface area contributed by atoms with Crippen molar-refractivity contribution in [1.82, 2.24) is 10.2 Å². The first-order valence-electron chi connectivity index (χ1n) is 7.68. The Morgan fingerprint density at radius 3 is 2.55 bits per heavy atom. The molecule has 0 saturated carbocycles. The Morgan fingerprint density at radius 1 is 1.20 bits per heavy atom. The lowest BCUT2D eigenvalue weighted by molar-refractivity contribution is 0.195. The molecule has 3 heteroatoms. The molecule has 20 heavy (non-hydrogen) atoms. The highest BCUT2D eigenvalue weighted by Crippen LogP contribution is 2.18. The molecule has 1 aromatic rings. The van der Waals surface area contributed by atoms with Crippen molar-refractivity contribution in [3.05, 3.63) is 29.8 Å². The minimum Gasteiger partial charge on any atom is -0.492 e. The monoisotopic (exact) mass is 278 g/mol. The summed E-state index contributed by atoms with van der Waals surface area (Å²) in [6, 6.07) is 9.38. The van der Waals surface area contributed by atoms with Crippen molar-refractivity contribution in [2.75, 3.05) is 20.2 Å². The molecule has 3 nitrogen and oxygen atoms in total. The van der Waals surface area contributed by atoms with Crippen molar-refractivity contribution in [2.45, 2.75) is 52.7 Å². The van der Waals surface area contributed by atoms with Crippen LogP contribution in [0.4, 0.5) is 0 Å². The molecule has 0 aromatic heterocycles. The van der Waals surface area contributed by atoms with Crippen LogP contribution in [0.1, 0.15) is 39.7 Å². The lowest BCUT2D eigenvalue weighted by Crippen LogP contribution is -2.32. The number of hydrogen-bond donors (Lipinski definition) is 1. The number of para-hydroxylation sites is 1. The van der Waals surface area contributed by atoms with E-state index in [1.165, 1.54) is 12.0 Å². The Morgan fingerprint density at radius 2 is 1.90 bits per heavy atom. The summed E-state index contributed by atoms with van der Waals surface area (Å²) in [5.74, 6) is 0.998. The first kappa shape index (κ1) is 17.0. The van der Waals surface area contributed by atoms with Crippen LogP contribution in [0, 0.1) is 0 Å². The first-order chi connectivity index (χ1) is 9.54. The number of hydrogen-bond acceptors (Lipinski definition) is 3. The lowest BCUT2D eigenvalue weighted by atomic mass is 10.2. The summed E-state index contributed by atoms with van der Waals surface area (Å²) in [6.07, 6.45) is 1.17. The molecule has 1 atom stereocenters. The average molecular weight is 278 g/mol. The van der Waals surface area contributed by atoms with Gasteiger partial charge in [0.1, 0.15) is 12.4 Å². The van der Waals surface area contributed by atoms with Crippen LogP contribution >= 0.6 is 0 Å². The van der Waals surface area contributed by atoms with Crippen LogP contribution in [0.3, 0.4) is 0 Å². The maximum atomic E-state index is 5.95. The Kier molecular flexibility index (Phi) is 7.63. The molecule has 0 aliphatic heterocycles. The number of likely N-dealkylation sites (N-methyl/N-ethyl adjacent to an activating group) is 1. The van der Waals surface area contributed by atoms with Gasteiger partial charge in [0.05, 0.1) is 0 Å². The molecule has 0 fully saturated rings. The molecule has 0 aliphatic carbocycles. The van der Waals surface area contributed by atoms with Gasteiger partial charge >= 0.3 is 0 Å². The van der Waals surface area contributed by atoms with Crippen LogP contribution in [-0.4, -0.2) is 37.2 Å². The molecule has 114 valence electrons. The molecule has 1 aromatic carbocycles. The first-order valence-corrected chi connectivity index (χ1v) is 7.68. The molecular formula is C17H30N2O. The Labute approximate surface area is 124 Å². The lowest BCUT2D eigenvalue weighted by Gasteiger charge is -2.23. The van der Waals surface area contributed by atoms with E-state index in [1.807, 2.05) is 6.07 Å². The van der Waals surface area contributed by atoms with E-state index >= 15 is 0 Å². The van der Waals surface area contributed by atoms with Crippen molar-refractivity contribution in [3.8, 4) is 5.75 Å². The van der Waals surface area contributed by atoms with E-state index in [0.717, 1.165) is 25.4 Å². The van der Waals surface area contributed by atoms with Gasteiger partial charge in [0.15, 0.2) is 0 Å². The van der Waals surface area contributed by atoms with E-state index in [1.54, 1.807) is 0 Å². The van der Waals surface area contributed by atoms with Crippen molar-refractivity contribution < 1.29 is 4.74 Å². The zero-order valence-electron chi connectivity index (χ0n) is 13.6. The molecule has 0 spiro atoms. The van der Waals surface area contributed by atoms with Crippen LogP contribution in [0.15, 0.2) is 24.3 Å². The molecule has 0 saturated heterocycles. The van der Waals surface area contributed by atoms with Crippen molar-refractivity contribution in [3.63, 3.8) is 0 Å². The number of rotatable bonds is 9. The number of benzene rings is 1. The zero-order valence-corrected chi connectivity index (χ0v) is 13.6. The van der Waals surface area contributed by atoms with E-state index in [0.29, 0.717) is 12.1 Å². The summed E-state index contributed by atoms with van der Waals surface area (Å²) >= 11 is 0. The molecular weight excluding hydrogens is 248 g/mol. The van der Waals surface area contributed by atoms with E-state index in [-0.39, 0.29) is 0 Å². The molecule has 0 amide bonds. The zero-order chi connectivity index (χ0) is 15.0. The molecule has 0 radical (unpaired) electrons. The molecule has 1 rings (SSSR count). The fraction of sp³-hybridized carbons (Fsp3) is 0.647. The third kappa shape index (κ3) is 5.93. The fourth-order valence-corrected chi connectivity index (χ4v) is 1.94. The average Bonchev–Trinajstić information content (AvgIpc) is 2.45. The molecule has 0 aliphatic rings. The highest BCUT2D eigenvalue weighted by atomic mass is 16.5. The summed E-state index contributed by atoms with van der Waals surface area (Å²) in [7, 11) is 2.16. The third-order valence-corrected chi connectivity index (χ3v) is 3.72. The van der Waals surface area contributed by atoms with Gasteiger partial charge in [0.2, 0.25) is 0 Å². The predicted molar refractivity (Wildman–Crippen MR) is 86.3 cm³/mol. The van der Waals surface area contributed by atoms with Gasteiger partial charge in [-0.2, -0.15) is 0 Å². The third-order valence-electron chi connectivity index (χ3n) is 3.72. The Bertz CT molecular complexity index is 379. The standard InChI is InChI=1S/C17H30N2O/c1-6-15(4)19(5)11-12-20-17-10-8-7-9-16(17)13-18-14(2)3/h7-10,14-15,18H,6,11-13H2,1-5H3. The Balaban J connectivity index is 2.47. The normalized spacial score (nSPS) is 12.9. The summed E-state index contributed by atoms with van der Waals surface area (Å²) in [4.78, 5) is 2.34. The van der Waals surface area contributed by atoms with E-state index in [2.05, 4.69) is 63.2 Å². The Hall–Kier alpha value is -1.06.